The second kappa shape index (κ2) is 6.86. The third-order valence-electron chi connectivity index (χ3n) is 1.93. The van der Waals surface area contributed by atoms with Gasteiger partial charge in [-0.2, -0.15) is 0 Å². The van der Waals surface area contributed by atoms with Crippen molar-refractivity contribution in [3.8, 4) is 0 Å². The van der Waals surface area contributed by atoms with E-state index in [0.29, 0.717) is 13.0 Å². The lowest BCUT2D eigenvalue weighted by Crippen LogP contribution is -2.40. The van der Waals surface area contributed by atoms with Crippen LogP contribution in [-0.4, -0.2) is 44.0 Å². The van der Waals surface area contributed by atoms with E-state index in [9.17, 15) is 4.79 Å². The molecule has 4 nitrogen and oxygen atoms in total. The van der Waals surface area contributed by atoms with Crippen LogP contribution < -0.4 is 11.1 Å². The molecule has 0 heterocycles. The normalized spacial score (nSPS) is 13.0. The van der Waals surface area contributed by atoms with E-state index in [1.807, 2.05) is 25.9 Å². The number of nitrogens with two attached hydrogens (primary N) is 1. The van der Waals surface area contributed by atoms with E-state index in [0.717, 1.165) is 13.0 Å². The average molecular weight is 187 g/mol. The minimum Gasteiger partial charge on any atom is -0.352 e. The molecule has 0 saturated heterocycles. The lowest BCUT2D eigenvalue weighted by molar-refractivity contribution is -0.122. The van der Waals surface area contributed by atoms with Gasteiger partial charge in [0.05, 0.1) is 0 Å². The van der Waals surface area contributed by atoms with Gasteiger partial charge in [0.2, 0.25) is 5.91 Å². The standard InChI is InChI=1S/C9H21N3O/c1-4-8(7-10)11-9(13)5-6-12(2)3/h8H,4-7,10H2,1-3H3,(H,11,13). The summed E-state index contributed by atoms with van der Waals surface area (Å²) in [6.45, 7) is 3.32. The topological polar surface area (TPSA) is 58.4 Å². The predicted octanol–water partition coefficient (Wildman–Crippen LogP) is -0.208. The first-order chi connectivity index (χ1) is 6.10. The maximum atomic E-state index is 11.3. The zero-order valence-electron chi connectivity index (χ0n) is 8.84. The van der Waals surface area contributed by atoms with E-state index in [4.69, 9.17) is 5.73 Å². The molecule has 0 spiro atoms. The molecule has 1 amide bonds. The fourth-order valence-electron chi connectivity index (χ4n) is 0.953. The van der Waals surface area contributed by atoms with Crippen LogP contribution in [0.2, 0.25) is 0 Å². The van der Waals surface area contributed by atoms with Gasteiger partial charge in [-0.1, -0.05) is 6.92 Å². The van der Waals surface area contributed by atoms with Crippen molar-refractivity contribution < 1.29 is 4.79 Å². The van der Waals surface area contributed by atoms with Gasteiger partial charge in [-0.25, -0.2) is 0 Å². The SMILES string of the molecule is CCC(CN)NC(=O)CCN(C)C. The third-order valence-corrected chi connectivity index (χ3v) is 1.93. The number of hydrogen-bond acceptors (Lipinski definition) is 3. The Morgan fingerprint density at radius 1 is 1.54 bits per heavy atom. The maximum absolute atomic E-state index is 11.3. The molecule has 78 valence electrons. The van der Waals surface area contributed by atoms with Crippen LogP contribution in [0.15, 0.2) is 0 Å². The Hall–Kier alpha value is -0.610. The zero-order chi connectivity index (χ0) is 10.3. The van der Waals surface area contributed by atoms with Gasteiger partial charge in [0, 0.05) is 25.6 Å². The summed E-state index contributed by atoms with van der Waals surface area (Å²) >= 11 is 0. The van der Waals surface area contributed by atoms with Crippen LogP contribution in [0.3, 0.4) is 0 Å². The number of amides is 1. The smallest absolute Gasteiger partial charge is 0.221 e. The molecule has 4 heteroatoms. The van der Waals surface area contributed by atoms with Gasteiger partial charge >= 0.3 is 0 Å². The summed E-state index contributed by atoms with van der Waals surface area (Å²) in [6, 6.07) is 0.134. The van der Waals surface area contributed by atoms with E-state index in [2.05, 4.69) is 5.32 Å². The van der Waals surface area contributed by atoms with Crippen LogP contribution in [-0.2, 0) is 4.79 Å². The number of nitrogens with zero attached hydrogens (tertiary/aromatic N) is 1. The highest BCUT2D eigenvalue weighted by molar-refractivity contribution is 5.76. The van der Waals surface area contributed by atoms with Crippen LogP contribution in [0, 0.1) is 0 Å². The summed E-state index contributed by atoms with van der Waals surface area (Å²) in [5.41, 5.74) is 5.46. The van der Waals surface area contributed by atoms with Gasteiger partial charge in [-0.15, -0.1) is 0 Å². The Labute approximate surface area is 80.5 Å². The molecule has 0 aliphatic heterocycles. The molecule has 0 bridgehead atoms. The minimum atomic E-state index is 0.0889. The highest BCUT2D eigenvalue weighted by atomic mass is 16.1. The Balaban J connectivity index is 3.60. The van der Waals surface area contributed by atoms with Crippen LogP contribution in [0.5, 0.6) is 0 Å². The first-order valence-corrected chi connectivity index (χ1v) is 4.74. The lowest BCUT2D eigenvalue weighted by atomic mass is 10.2. The van der Waals surface area contributed by atoms with Crippen molar-refractivity contribution >= 4 is 5.91 Å². The van der Waals surface area contributed by atoms with Gasteiger partial charge in [-0.05, 0) is 20.5 Å². The number of hydrogen-bond donors (Lipinski definition) is 2. The molecule has 0 aliphatic rings. The number of carbonyl (C=O) groups is 1. The average Bonchev–Trinajstić information content (AvgIpc) is 2.10. The molecule has 1 unspecified atom stereocenters. The van der Waals surface area contributed by atoms with Crippen LogP contribution in [0.4, 0.5) is 0 Å². The van der Waals surface area contributed by atoms with Gasteiger partial charge in [0.25, 0.3) is 0 Å². The van der Waals surface area contributed by atoms with Crippen LogP contribution in [0.25, 0.3) is 0 Å². The van der Waals surface area contributed by atoms with Gasteiger partial charge < -0.3 is 16.0 Å². The Kier molecular flexibility index (Phi) is 6.54. The largest absolute Gasteiger partial charge is 0.352 e. The molecule has 0 fully saturated rings. The second-order valence-electron chi connectivity index (χ2n) is 3.46. The van der Waals surface area contributed by atoms with Crippen molar-refractivity contribution in [1.82, 2.24) is 10.2 Å². The molecular weight excluding hydrogens is 166 g/mol. The summed E-state index contributed by atoms with van der Waals surface area (Å²) in [4.78, 5) is 13.3. The Morgan fingerprint density at radius 3 is 2.54 bits per heavy atom. The van der Waals surface area contributed by atoms with E-state index >= 15 is 0 Å². The van der Waals surface area contributed by atoms with Crippen LogP contribution >= 0.6 is 0 Å². The number of carbonyl (C=O) groups excluding carboxylic acids is 1. The quantitative estimate of drug-likeness (QED) is 0.605. The molecule has 3 N–H and O–H groups in total. The highest BCUT2D eigenvalue weighted by Crippen LogP contribution is 1.90. The van der Waals surface area contributed by atoms with E-state index in [-0.39, 0.29) is 11.9 Å². The lowest BCUT2D eigenvalue weighted by Gasteiger charge is -2.15. The molecule has 0 rings (SSSR count). The molecule has 0 aromatic heterocycles. The molecule has 0 saturated carbocycles. The van der Waals surface area contributed by atoms with Crippen LogP contribution in [0.1, 0.15) is 19.8 Å². The van der Waals surface area contributed by atoms with Gasteiger partial charge in [0.15, 0.2) is 0 Å². The zero-order valence-corrected chi connectivity index (χ0v) is 8.84. The molecule has 1 atom stereocenters. The fourth-order valence-corrected chi connectivity index (χ4v) is 0.953. The summed E-state index contributed by atoms with van der Waals surface area (Å²) in [5, 5.41) is 2.88. The van der Waals surface area contributed by atoms with Crippen molar-refractivity contribution in [2.45, 2.75) is 25.8 Å². The Morgan fingerprint density at radius 2 is 2.15 bits per heavy atom. The van der Waals surface area contributed by atoms with Crippen molar-refractivity contribution in [2.75, 3.05) is 27.2 Å². The predicted molar refractivity (Wildman–Crippen MR) is 54.4 cm³/mol. The molecule has 0 aromatic carbocycles. The first-order valence-electron chi connectivity index (χ1n) is 4.74. The monoisotopic (exact) mass is 187 g/mol. The molecule has 0 radical (unpaired) electrons. The molecule has 0 aliphatic carbocycles. The summed E-state index contributed by atoms with van der Waals surface area (Å²) in [7, 11) is 3.90. The van der Waals surface area contributed by atoms with Gasteiger partial charge in [0.1, 0.15) is 0 Å². The fraction of sp³-hybridized carbons (Fsp3) is 0.889. The van der Waals surface area contributed by atoms with Crippen molar-refractivity contribution in [2.24, 2.45) is 5.73 Å². The molecular formula is C9H21N3O. The highest BCUT2D eigenvalue weighted by Gasteiger charge is 2.07. The Bertz CT molecular complexity index is 144. The summed E-state index contributed by atoms with van der Waals surface area (Å²) in [6.07, 6.45) is 1.44. The number of rotatable bonds is 6. The van der Waals surface area contributed by atoms with Crippen molar-refractivity contribution in [1.29, 1.82) is 0 Å². The van der Waals surface area contributed by atoms with Gasteiger partial charge in [-0.3, -0.25) is 4.79 Å². The van der Waals surface area contributed by atoms with Crippen molar-refractivity contribution in [3.63, 3.8) is 0 Å². The van der Waals surface area contributed by atoms with Crippen molar-refractivity contribution in [3.05, 3.63) is 0 Å². The molecule has 0 aromatic rings. The molecule has 13 heavy (non-hydrogen) atoms. The van der Waals surface area contributed by atoms with E-state index in [1.165, 1.54) is 0 Å². The van der Waals surface area contributed by atoms with E-state index < -0.39 is 0 Å². The van der Waals surface area contributed by atoms with E-state index in [1.54, 1.807) is 0 Å². The third kappa shape index (κ3) is 6.54. The summed E-state index contributed by atoms with van der Waals surface area (Å²) in [5.74, 6) is 0.0889. The second-order valence-corrected chi connectivity index (χ2v) is 3.46. The summed E-state index contributed by atoms with van der Waals surface area (Å²) < 4.78 is 0. The number of nitrogens with one attached hydrogen (secondary N) is 1. The first kappa shape index (κ1) is 12.4. The minimum absolute atomic E-state index is 0.0889. The maximum Gasteiger partial charge on any atom is 0.221 e.